The van der Waals surface area contributed by atoms with Crippen molar-refractivity contribution in [1.29, 1.82) is 0 Å². The average molecular weight is 358 g/mol. The number of thiol groups is 1. The molecule has 3 N–H and O–H groups in total. The van der Waals surface area contributed by atoms with Gasteiger partial charge in [0.1, 0.15) is 6.04 Å². The van der Waals surface area contributed by atoms with Crippen molar-refractivity contribution in [3.8, 4) is 0 Å². The zero-order valence-electron chi connectivity index (χ0n) is 5.97. The number of hydrogen-bond donors (Lipinski definition) is 3. The number of aliphatic carboxylic acids is 1. The number of hydrogen-bond acceptors (Lipinski definition) is 3. The molecule has 9 heavy (non-hydrogen) atoms. The van der Waals surface area contributed by atoms with Crippen molar-refractivity contribution < 1.29 is 85.1 Å². The van der Waals surface area contributed by atoms with E-state index >= 15 is 0 Å². The van der Waals surface area contributed by atoms with Crippen LogP contribution in [0.2, 0.25) is 0 Å². The van der Waals surface area contributed by atoms with Gasteiger partial charge >= 0.3 is 57.4 Å². The summed E-state index contributed by atoms with van der Waals surface area (Å²) in [6.45, 7) is 0. The van der Waals surface area contributed by atoms with Crippen LogP contribution < -0.4 is 57.1 Å². The Labute approximate surface area is 119 Å². The van der Waals surface area contributed by atoms with Crippen LogP contribution in [0.15, 0.2) is 0 Å². The first kappa shape index (κ1) is 17.3. The molecule has 0 rings (SSSR count). The van der Waals surface area contributed by atoms with Gasteiger partial charge in [0, 0.05) is 28.1 Å². The van der Waals surface area contributed by atoms with E-state index in [1.165, 1.54) is 0 Å². The van der Waals surface area contributed by atoms with Gasteiger partial charge in [-0.3, -0.25) is 4.79 Å². The number of nitrogens with two attached hydrogens (primary N) is 1. The van der Waals surface area contributed by atoms with Crippen LogP contribution in [-0.2, 0) is 27.2 Å². The van der Waals surface area contributed by atoms with E-state index in [2.05, 4.69) is 12.6 Å². The molecular formula is C3H8AuKNO2S. The first-order chi connectivity index (χ1) is 3.18. The molecule has 0 aromatic rings. The summed E-state index contributed by atoms with van der Waals surface area (Å²) < 4.78 is 0. The Kier molecular flexibility index (Phi) is 19.5. The minimum absolute atomic E-state index is 0. The minimum atomic E-state index is -1.00. The van der Waals surface area contributed by atoms with E-state index in [-0.39, 0.29) is 80.9 Å². The summed E-state index contributed by atoms with van der Waals surface area (Å²) in [7, 11) is 0. The topological polar surface area (TPSA) is 63.3 Å². The standard InChI is InChI=1S/C3H7NO2S.Au.K.H/c4-2(1-7)3(5)6;;;/h2,7H,1,4H2,(H,5,6);;;/q;;+1;-1/t2-;;;/m0.../s1. The third-order valence-electron chi connectivity index (χ3n) is 0.514. The predicted molar refractivity (Wildman–Crippen MR) is 30.6 cm³/mol. The van der Waals surface area contributed by atoms with Gasteiger partial charge in [0.15, 0.2) is 0 Å². The summed E-state index contributed by atoms with van der Waals surface area (Å²) in [5, 5.41) is 8.01. The maximum atomic E-state index is 9.76. The number of carbonyl (C=O) groups is 1. The molecule has 0 aliphatic heterocycles. The van der Waals surface area contributed by atoms with Gasteiger partial charge in [-0.1, -0.05) is 0 Å². The van der Waals surface area contributed by atoms with Gasteiger partial charge < -0.3 is 12.3 Å². The van der Waals surface area contributed by atoms with Crippen molar-refractivity contribution in [3.05, 3.63) is 0 Å². The van der Waals surface area contributed by atoms with Gasteiger partial charge in [-0.25, -0.2) is 0 Å². The molecule has 0 fully saturated rings. The van der Waals surface area contributed by atoms with Gasteiger partial charge in [-0.15, -0.1) is 0 Å². The van der Waals surface area contributed by atoms with Gasteiger partial charge in [-0.05, 0) is 0 Å². The molecule has 0 aromatic carbocycles. The molecule has 0 aliphatic carbocycles. The summed E-state index contributed by atoms with van der Waals surface area (Å²) in [6, 6.07) is -0.816. The second-order valence-corrected chi connectivity index (χ2v) is 1.49. The van der Waals surface area contributed by atoms with Crippen LogP contribution in [0.25, 0.3) is 0 Å². The van der Waals surface area contributed by atoms with E-state index in [9.17, 15) is 4.79 Å². The Bertz CT molecular complexity index is 88.9. The molecule has 3 nitrogen and oxygen atoms in total. The van der Waals surface area contributed by atoms with Crippen molar-refractivity contribution in [1.82, 2.24) is 0 Å². The maximum Gasteiger partial charge on any atom is 1.00 e. The largest absolute Gasteiger partial charge is 1.00 e. The summed E-state index contributed by atoms with van der Waals surface area (Å²) in [4.78, 5) is 9.76. The molecule has 0 saturated heterocycles. The van der Waals surface area contributed by atoms with E-state index in [1.807, 2.05) is 0 Å². The first-order valence-corrected chi connectivity index (χ1v) is 2.41. The minimum Gasteiger partial charge on any atom is -1.00 e. The third kappa shape index (κ3) is 10.2. The van der Waals surface area contributed by atoms with Crippen molar-refractivity contribution in [3.63, 3.8) is 0 Å². The van der Waals surface area contributed by atoms with Crippen molar-refractivity contribution in [2.45, 2.75) is 6.04 Å². The van der Waals surface area contributed by atoms with Crippen LogP contribution in [0, 0.1) is 0 Å². The smallest absolute Gasteiger partial charge is 1.00 e. The molecule has 1 radical (unpaired) electrons. The van der Waals surface area contributed by atoms with Crippen LogP contribution in [-0.4, -0.2) is 22.9 Å². The number of carboxylic acids is 1. The van der Waals surface area contributed by atoms with Crippen molar-refractivity contribution in [2.24, 2.45) is 5.73 Å². The average Bonchev–Trinajstić information content (AvgIpc) is 1.65. The molecule has 6 heteroatoms. The summed E-state index contributed by atoms with van der Waals surface area (Å²) in [5.74, 6) is -0.815. The van der Waals surface area contributed by atoms with Gasteiger partial charge in [0.05, 0.1) is 0 Å². The van der Waals surface area contributed by atoms with E-state index in [0.29, 0.717) is 0 Å². The molecule has 0 heterocycles. The molecular weight excluding hydrogens is 350 g/mol. The van der Waals surface area contributed by atoms with E-state index in [1.54, 1.807) is 0 Å². The SMILES string of the molecule is N[C@@H](CS)C(=O)O.[Au].[H-].[K+]. The molecule has 0 amide bonds. The second kappa shape index (κ2) is 10.2. The van der Waals surface area contributed by atoms with E-state index in [4.69, 9.17) is 10.8 Å². The van der Waals surface area contributed by atoms with Gasteiger partial charge in [-0.2, -0.15) is 12.6 Å². The van der Waals surface area contributed by atoms with Crippen LogP contribution in [0.3, 0.4) is 0 Å². The summed E-state index contributed by atoms with van der Waals surface area (Å²) in [5.41, 5.74) is 4.94. The van der Waals surface area contributed by atoms with E-state index in [0.717, 1.165) is 0 Å². The Morgan fingerprint density at radius 2 is 2.22 bits per heavy atom. The van der Waals surface area contributed by atoms with Crippen molar-refractivity contribution >= 4 is 18.6 Å². The molecule has 0 spiro atoms. The summed E-state index contributed by atoms with van der Waals surface area (Å²) >= 11 is 3.65. The fourth-order valence-corrected chi connectivity index (χ4v) is 0.234. The zero-order valence-corrected chi connectivity index (χ0v) is 11.1. The number of carboxylic acid groups (broad SMARTS) is 1. The monoisotopic (exact) mass is 358 g/mol. The quantitative estimate of drug-likeness (QED) is 0.354. The van der Waals surface area contributed by atoms with Crippen LogP contribution in [0.1, 0.15) is 1.43 Å². The molecule has 55 valence electrons. The summed E-state index contributed by atoms with van der Waals surface area (Å²) in [6.07, 6.45) is 0. The maximum absolute atomic E-state index is 9.76. The zero-order chi connectivity index (χ0) is 5.86. The Morgan fingerprint density at radius 3 is 2.22 bits per heavy atom. The van der Waals surface area contributed by atoms with Crippen molar-refractivity contribution in [2.75, 3.05) is 5.75 Å². The fraction of sp³-hybridized carbons (Fsp3) is 0.667. The molecule has 1 atom stereocenters. The molecule has 0 aliphatic rings. The van der Waals surface area contributed by atoms with Crippen LogP contribution in [0.4, 0.5) is 0 Å². The number of rotatable bonds is 2. The Hall–Kier alpha value is 2.16. The van der Waals surface area contributed by atoms with Gasteiger partial charge in [0.2, 0.25) is 0 Å². The fourth-order valence-electron chi connectivity index (χ4n) is 0.0781. The van der Waals surface area contributed by atoms with Crippen LogP contribution in [0.5, 0.6) is 0 Å². The Morgan fingerprint density at radius 1 is 1.89 bits per heavy atom. The molecule has 0 aromatic heterocycles. The molecule has 0 saturated carbocycles. The van der Waals surface area contributed by atoms with Crippen LogP contribution >= 0.6 is 12.6 Å². The normalized spacial score (nSPS) is 10.4. The first-order valence-electron chi connectivity index (χ1n) is 1.77. The molecule has 0 unspecified atom stereocenters. The van der Waals surface area contributed by atoms with Gasteiger partial charge in [0.25, 0.3) is 0 Å². The van der Waals surface area contributed by atoms with E-state index < -0.39 is 12.0 Å². The Balaban J connectivity index is -0.0000000600. The predicted octanol–water partition coefficient (Wildman–Crippen LogP) is -3.56. The molecule has 0 bridgehead atoms. The second-order valence-electron chi connectivity index (χ2n) is 1.13. The third-order valence-corrected chi connectivity index (χ3v) is 0.907.